The molecule has 1 unspecified atom stereocenters. The van der Waals surface area contributed by atoms with Gasteiger partial charge in [0.25, 0.3) is 0 Å². The van der Waals surface area contributed by atoms with Gasteiger partial charge in [-0.15, -0.1) is 0 Å². The topological polar surface area (TPSA) is 69.1 Å². The number of aliphatic hydroxyl groups is 2. The molecule has 0 amide bonds. The molecule has 5 heteroatoms. The molecule has 0 fully saturated rings. The van der Waals surface area contributed by atoms with Crippen molar-refractivity contribution >= 4 is 0 Å². The third-order valence-electron chi connectivity index (χ3n) is 2.33. The number of hydrogen-bond acceptors (Lipinski definition) is 3. The molecule has 4 nitrogen and oxygen atoms in total. The molecule has 0 radical (unpaired) electrons. The van der Waals surface area contributed by atoms with E-state index in [1.165, 1.54) is 18.3 Å². The second kappa shape index (κ2) is 4.42. The van der Waals surface area contributed by atoms with Gasteiger partial charge in [-0.2, -0.15) is 5.10 Å². The maximum Gasteiger partial charge on any atom is 0.123 e. The minimum atomic E-state index is -0.987. The Bertz CT molecular complexity index is 467. The predicted molar refractivity (Wildman–Crippen MR) is 56.0 cm³/mol. The average Bonchev–Trinajstić information content (AvgIpc) is 2.78. The fourth-order valence-corrected chi connectivity index (χ4v) is 1.49. The van der Waals surface area contributed by atoms with Crippen LogP contribution in [0.5, 0.6) is 0 Å². The smallest absolute Gasteiger partial charge is 0.123 e. The molecule has 1 aromatic carbocycles. The molecule has 1 heterocycles. The third kappa shape index (κ3) is 1.95. The Morgan fingerprint density at radius 2 is 2.00 bits per heavy atom. The third-order valence-corrected chi connectivity index (χ3v) is 2.33. The number of aliphatic hydroxyl groups excluding tert-OH is 2. The molecular weight excluding hydrogens is 211 g/mol. The highest BCUT2D eigenvalue weighted by atomic mass is 19.1. The fourth-order valence-electron chi connectivity index (χ4n) is 1.49. The van der Waals surface area contributed by atoms with Gasteiger partial charge in [-0.25, -0.2) is 4.39 Å². The molecule has 1 atom stereocenters. The fraction of sp³-hybridized carbons (Fsp3) is 0.182. The van der Waals surface area contributed by atoms with Gasteiger partial charge in [0.05, 0.1) is 18.5 Å². The van der Waals surface area contributed by atoms with Crippen LogP contribution in [-0.2, 0) is 0 Å². The van der Waals surface area contributed by atoms with E-state index in [0.29, 0.717) is 16.8 Å². The largest absolute Gasteiger partial charge is 0.393 e. The average molecular weight is 222 g/mol. The van der Waals surface area contributed by atoms with E-state index in [1.807, 2.05) is 0 Å². The Hall–Kier alpha value is -1.72. The van der Waals surface area contributed by atoms with E-state index in [2.05, 4.69) is 10.2 Å². The van der Waals surface area contributed by atoms with Crippen LogP contribution in [0.4, 0.5) is 4.39 Å². The van der Waals surface area contributed by atoms with Crippen molar-refractivity contribution in [3.8, 4) is 11.3 Å². The molecule has 16 heavy (non-hydrogen) atoms. The van der Waals surface area contributed by atoms with Gasteiger partial charge in [0.1, 0.15) is 11.9 Å². The van der Waals surface area contributed by atoms with Crippen molar-refractivity contribution < 1.29 is 14.6 Å². The minimum absolute atomic E-state index is 0.326. The van der Waals surface area contributed by atoms with Gasteiger partial charge >= 0.3 is 0 Å². The first-order chi connectivity index (χ1) is 7.72. The van der Waals surface area contributed by atoms with Crippen LogP contribution in [0.15, 0.2) is 30.5 Å². The summed E-state index contributed by atoms with van der Waals surface area (Å²) in [5.41, 5.74) is 1.79. The number of aromatic nitrogens is 2. The van der Waals surface area contributed by atoms with E-state index in [4.69, 9.17) is 5.11 Å². The summed E-state index contributed by atoms with van der Waals surface area (Å²) < 4.78 is 12.7. The summed E-state index contributed by atoms with van der Waals surface area (Å²) in [6, 6.07) is 5.81. The van der Waals surface area contributed by atoms with Gasteiger partial charge < -0.3 is 10.2 Å². The molecule has 0 saturated heterocycles. The van der Waals surface area contributed by atoms with Crippen molar-refractivity contribution in [3.63, 3.8) is 0 Å². The first-order valence-corrected chi connectivity index (χ1v) is 4.80. The first kappa shape index (κ1) is 10.8. The number of aromatic amines is 1. The van der Waals surface area contributed by atoms with Crippen LogP contribution in [-0.4, -0.2) is 27.0 Å². The van der Waals surface area contributed by atoms with Gasteiger partial charge in [-0.1, -0.05) is 0 Å². The molecule has 1 aromatic heterocycles. The normalized spacial score (nSPS) is 12.7. The van der Waals surface area contributed by atoms with Crippen LogP contribution >= 0.6 is 0 Å². The molecule has 0 aliphatic carbocycles. The van der Waals surface area contributed by atoms with E-state index in [0.717, 1.165) is 0 Å². The lowest BCUT2D eigenvalue weighted by Crippen LogP contribution is -2.02. The Labute approximate surface area is 91.4 Å². The minimum Gasteiger partial charge on any atom is -0.393 e. The van der Waals surface area contributed by atoms with Gasteiger partial charge in [-0.3, -0.25) is 5.10 Å². The van der Waals surface area contributed by atoms with Gasteiger partial charge in [0, 0.05) is 11.1 Å². The van der Waals surface area contributed by atoms with Crippen molar-refractivity contribution in [1.82, 2.24) is 10.2 Å². The quantitative estimate of drug-likeness (QED) is 0.731. The van der Waals surface area contributed by atoms with E-state index in [9.17, 15) is 9.50 Å². The molecule has 2 aromatic rings. The highest BCUT2D eigenvalue weighted by Gasteiger charge is 2.14. The summed E-state index contributed by atoms with van der Waals surface area (Å²) >= 11 is 0. The van der Waals surface area contributed by atoms with Crippen LogP contribution in [0.25, 0.3) is 11.3 Å². The zero-order valence-electron chi connectivity index (χ0n) is 8.39. The monoisotopic (exact) mass is 222 g/mol. The van der Waals surface area contributed by atoms with Crippen molar-refractivity contribution in [2.24, 2.45) is 0 Å². The molecule has 84 valence electrons. The maximum atomic E-state index is 12.7. The standard InChI is InChI=1S/C11H11FN2O2/c12-8-3-1-7(2-4-8)11-9(5-13-14-11)10(16)6-15/h1-5,10,15-16H,6H2,(H,13,14). The summed E-state index contributed by atoms with van der Waals surface area (Å²) in [7, 11) is 0. The molecule has 0 aliphatic rings. The molecule has 0 spiro atoms. The first-order valence-electron chi connectivity index (χ1n) is 4.80. The Morgan fingerprint density at radius 3 is 2.62 bits per heavy atom. The van der Waals surface area contributed by atoms with E-state index < -0.39 is 6.10 Å². The van der Waals surface area contributed by atoms with E-state index in [-0.39, 0.29) is 12.4 Å². The van der Waals surface area contributed by atoms with Gasteiger partial charge in [0.15, 0.2) is 0 Å². The van der Waals surface area contributed by atoms with Crippen molar-refractivity contribution in [3.05, 3.63) is 41.8 Å². The zero-order valence-corrected chi connectivity index (χ0v) is 8.39. The van der Waals surface area contributed by atoms with Crippen LogP contribution < -0.4 is 0 Å². The molecule has 0 aliphatic heterocycles. The molecule has 2 rings (SSSR count). The number of nitrogens with zero attached hydrogens (tertiary/aromatic N) is 1. The molecule has 0 saturated carbocycles. The van der Waals surface area contributed by atoms with Crippen molar-refractivity contribution in [2.75, 3.05) is 6.61 Å². The predicted octanol–water partition coefficient (Wildman–Crippen LogP) is 1.24. The second-order valence-corrected chi connectivity index (χ2v) is 3.41. The van der Waals surface area contributed by atoms with Gasteiger partial charge in [0.2, 0.25) is 0 Å². The molecule has 3 N–H and O–H groups in total. The lowest BCUT2D eigenvalue weighted by atomic mass is 10.0. The Balaban J connectivity index is 2.40. The highest BCUT2D eigenvalue weighted by Crippen LogP contribution is 2.25. The maximum absolute atomic E-state index is 12.7. The zero-order chi connectivity index (χ0) is 11.5. The number of H-pyrrole nitrogens is 1. The lowest BCUT2D eigenvalue weighted by Gasteiger charge is -2.07. The number of rotatable bonds is 3. The summed E-state index contributed by atoms with van der Waals surface area (Å²) in [4.78, 5) is 0. The SMILES string of the molecule is OCC(O)c1cn[nH]c1-c1ccc(F)cc1. The van der Waals surface area contributed by atoms with E-state index >= 15 is 0 Å². The summed E-state index contributed by atoms with van der Waals surface area (Å²) in [6.45, 7) is -0.381. The number of benzene rings is 1. The summed E-state index contributed by atoms with van der Waals surface area (Å²) in [5.74, 6) is -0.326. The van der Waals surface area contributed by atoms with Crippen molar-refractivity contribution in [1.29, 1.82) is 0 Å². The number of hydrogen-bond donors (Lipinski definition) is 3. The summed E-state index contributed by atoms with van der Waals surface area (Å²) in [6.07, 6.45) is 0.457. The summed E-state index contributed by atoms with van der Waals surface area (Å²) in [5, 5.41) is 24.9. The van der Waals surface area contributed by atoms with E-state index in [1.54, 1.807) is 12.1 Å². The van der Waals surface area contributed by atoms with Crippen LogP contribution in [0.2, 0.25) is 0 Å². The lowest BCUT2D eigenvalue weighted by molar-refractivity contribution is 0.0960. The van der Waals surface area contributed by atoms with Crippen molar-refractivity contribution in [2.45, 2.75) is 6.10 Å². The number of nitrogens with one attached hydrogen (secondary N) is 1. The van der Waals surface area contributed by atoms with Crippen LogP contribution in [0, 0.1) is 5.82 Å². The Kier molecular flexibility index (Phi) is 2.98. The molecule has 0 bridgehead atoms. The second-order valence-electron chi connectivity index (χ2n) is 3.41. The van der Waals surface area contributed by atoms with Crippen LogP contribution in [0.1, 0.15) is 11.7 Å². The highest BCUT2D eigenvalue weighted by molar-refractivity contribution is 5.62. The Morgan fingerprint density at radius 1 is 1.31 bits per heavy atom. The van der Waals surface area contributed by atoms with Crippen LogP contribution in [0.3, 0.4) is 0 Å². The number of halogens is 1. The van der Waals surface area contributed by atoms with Gasteiger partial charge in [-0.05, 0) is 24.3 Å². The molecular formula is C11H11FN2O2.